The zero-order valence-electron chi connectivity index (χ0n) is 15.7. The van der Waals surface area contributed by atoms with E-state index in [2.05, 4.69) is 23.8 Å². The van der Waals surface area contributed by atoms with E-state index in [1.165, 1.54) is 6.92 Å². The molecule has 2 aromatic carbocycles. The number of hydrogen-bond acceptors (Lipinski definition) is 4. The average molecular weight is 364 g/mol. The molecule has 0 spiro atoms. The quantitative estimate of drug-likeness (QED) is 0.396. The van der Waals surface area contributed by atoms with Crippen molar-refractivity contribution in [3.05, 3.63) is 78.6 Å². The summed E-state index contributed by atoms with van der Waals surface area (Å²) >= 11 is 0. The Hall–Kier alpha value is -3.34. The summed E-state index contributed by atoms with van der Waals surface area (Å²) in [6.07, 6.45) is 2.37. The van der Waals surface area contributed by atoms with E-state index >= 15 is 0 Å². The largest absolute Gasteiger partial charge is 0.452 e. The Balaban J connectivity index is 2.08. The van der Waals surface area contributed by atoms with Crippen LogP contribution >= 0.6 is 0 Å². The number of ether oxygens (including phenoxy) is 1. The van der Waals surface area contributed by atoms with Gasteiger partial charge in [0.1, 0.15) is 11.5 Å². The first-order chi connectivity index (χ1) is 12.9. The molecule has 5 nitrogen and oxygen atoms in total. The molecule has 0 bridgehead atoms. The van der Waals surface area contributed by atoms with Crippen molar-refractivity contribution >= 4 is 23.1 Å². The van der Waals surface area contributed by atoms with Crippen LogP contribution in [-0.2, 0) is 16.0 Å². The summed E-state index contributed by atoms with van der Waals surface area (Å²) in [4.78, 5) is 23.6. The molecule has 140 valence electrons. The molecule has 0 aliphatic heterocycles. The van der Waals surface area contributed by atoms with Crippen molar-refractivity contribution in [3.8, 4) is 5.75 Å². The maximum atomic E-state index is 12.4. The molecular formula is C22H24N2O3. The lowest BCUT2D eigenvalue weighted by atomic mass is 10.1. The molecule has 0 aliphatic rings. The molecular weight excluding hydrogens is 340 g/mol. The number of hydrogen-bond donors (Lipinski definition) is 2. The highest BCUT2D eigenvalue weighted by atomic mass is 16.5. The van der Waals surface area contributed by atoms with Crippen LogP contribution in [0.1, 0.15) is 18.1 Å². The minimum atomic E-state index is -0.424. The molecule has 0 atom stereocenters. The SMILES string of the molecule is C=CCc1cc(NC(=O)C(=C)Oc2ccccc2C)ccc1NCC(C)=O. The van der Waals surface area contributed by atoms with Gasteiger partial charge in [-0.3, -0.25) is 9.59 Å². The summed E-state index contributed by atoms with van der Waals surface area (Å²) in [6, 6.07) is 12.8. The fourth-order valence-electron chi connectivity index (χ4n) is 2.44. The number of para-hydroxylation sites is 1. The lowest BCUT2D eigenvalue weighted by Crippen LogP contribution is -2.18. The summed E-state index contributed by atoms with van der Waals surface area (Å²) in [5, 5.41) is 5.87. The number of aryl methyl sites for hydroxylation is 1. The van der Waals surface area contributed by atoms with Crippen LogP contribution in [0.4, 0.5) is 11.4 Å². The van der Waals surface area contributed by atoms with Crippen LogP contribution < -0.4 is 15.4 Å². The third-order valence-corrected chi connectivity index (χ3v) is 3.84. The fraction of sp³-hybridized carbons (Fsp3) is 0.182. The number of Topliss-reactive ketones (excluding diaryl/α,β-unsaturated/α-hetero) is 1. The molecule has 0 fully saturated rings. The van der Waals surface area contributed by atoms with E-state index in [0.29, 0.717) is 17.9 Å². The third kappa shape index (κ3) is 5.85. The molecule has 2 N–H and O–H groups in total. The number of rotatable bonds is 9. The Morgan fingerprint density at radius 3 is 2.59 bits per heavy atom. The summed E-state index contributed by atoms with van der Waals surface area (Å²) in [7, 11) is 0. The van der Waals surface area contributed by atoms with Crippen LogP contribution in [0, 0.1) is 6.92 Å². The first-order valence-corrected chi connectivity index (χ1v) is 8.61. The van der Waals surface area contributed by atoms with Crippen molar-refractivity contribution in [2.75, 3.05) is 17.2 Å². The molecule has 0 saturated carbocycles. The van der Waals surface area contributed by atoms with Gasteiger partial charge in [-0.1, -0.05) is 30.9 Å². The first-order valence-electron chi connectivity index (χ1n) is 8.61. The van der Waals surface area contributed by atoms with Gasteiger partial charge in [0.05, 0.1) is 6.54 Å². The maximum Gasteiger partial charge on any atom is 0.290 e. The Bertz CT molecular complexity index is 872. The summed E-state index contributed by atoms with van der Waals surface area (Å²) in [6.45, 7) is 11.1. The van der Waals surface area contributed by atoms with Crippen molar-refractivity contribution in [1.29, 1.82) is 0 Å². The van der Waals surface area contributed by atoms with Crippen molar-refractivity contribution < 1.29 is 14.3 Å². The number of amides is 1. The summed E-state index contributed by atoms with van der Waals surface area (Å²) < 4.78 is 5.57. The molecule has 0 radical (unpaired) electrons. The van der Waals surface area contributed by atoms with E-state index in [1.807, 2.05) is 37.3 Å². The third-order valence-electron chi connectivity index (χ3n) is 3.84. The van der Waals surface area contributed by atoms with Gasteiger partial charge in [-0.05, 0) is 55.7 Å². The fourth-order valence-corrected chi connectivity index (χ4v) is 2.44. The zero-order valence-corrected chi connectivity index (χ0v) is 15.7. The molecule has 2 aromatic rings. The van der Waals surface area contributed by atoms with Gasteiger partial charge in [0, 0.05) is 11.4 Å². The molecule has 0 heterocycles. The summed E-state index contributed by atoms with van der Waals surface area (Å²) in [5.74, 6) is 0.218. The predicted octanol–water partition coefficient (Wildman–Crippen LogP) is 4.26. The number of carbonyl (C=O) groups is 2. The van der Waals surface area contributed by atoms with Crippen LogP contribution in [0.25, 0.3) is 0 Å². The second-order valence-electron chi connectivity index (χ2n) is 6.17. The van der Waals surface area contributed by atoms with Crippen molar-refractivity contribution in [3.63, 3.8) is 0 Å². The number of anilines is 2. The van der Waals surface area contributed by atoms with Gasteiger partial charge in [-0.2, -0.15) is 0 Å². The molecule has 5 heteroatoms. The molecule has 2 rings (SSSR count). The maximum absolute atomic E-state index is 12.4. The van der Waals surface area contributed by atoms with E-state index in [0.717, 1.165) is 16.8 Å². The highest BCUT2D eigenvalue weighted by Crippen LogP contribution is 2.23. The van der Waals surface area contributed by atoms with Gasteiger partial charge in [0.15, 0.2) is 5.76 Å². The van der Waals surface area contributed by atoms with Gasteiger partial charge < -0.3 is 15.4 Å². The average Bonchev–Trinajstić information content (AvgIpc) is 2.63. The molecule has 0 aromatic heterocycles. The smallest absolute Gasteiger partial charge is 0.290 e. The van der Waals surface area contributed by atoms with E-state index in [9.17, 15) is 9.59 Å². The van der Waals surface area contributed by atoms with E-state index in [4.69, 9.17) is 4.74 Å². The number of carbonyl (C=O) groups excluding carboxylic acids is 2. The van der Waals surface area contributed by atoms with Crippen LogP contribution in [0.5, 0.6) is 5.75 Å². The lowest BCUT2D eigenvalue weighted by Gasteiger charge is -2.14. The van der Waals surface area contributed by atoms with E-state index in [-0.39, 0.29) is 18.1 Å². The Morgan fingerprint density at radius 1 is 1.19 bits per heavy atom. The number of allylic oxidation sites excluding steroid dienone is 1. The minimum Gasteiger partial charge on any atom is -0.452 e. The minimum absolute atomic E-state index is 0.00773. The molecule has 27 heavy (non-hydrogen) atoms. The first kappa shape index (κ1) is 20.0. The van der Waals surface area contributed by atoms with Crippen molar-refractivity contribution in [2.24, 2.45) is 0 Å². The second-order valence-corrected chi connectivity index (χ2v) is 6.17. The second kappa shape index (κ2) is 9.38. The Morgan fingerprint density at radius 2 is 1.93 bits per heavy atom. The Kier molecular flexibility index (Phi) is 6.94. The summed E-state index contributed by atoms with van der Waals surface area (Å²) in [5.41, 5.74) is 3.29. The van der Waals surface area contributed by atoms with Gasteiger partial charge >= 0.3 is 0 Å². The number of nitrogens with one attached hydrogen (secondary N) is 2. The Labute approximate surface area is 159 Å². The molecule has 0 saturated heterocycles. The topological polar surface area (TPSA) is 67.4 Å². The standard InChI is InChI=1S/C22H24N2O3/c1-5-8-18-13-19(11-12-20(18)23-14-16(3)25)24-22(26)17(4)27-21-10-7-6-9-15(21)2/h5-7,9-13,23H,1,4,8,14H2,2-3H3,(H,24,26). The monoisotopic (exact) mass is 364 g/mol. The predicted molar refractivity (Wildman–Crippen MR) is 109 cm³/mol. The van der Waals surface area contributed by atoms with Gasteiger partial charge in [0.25, 0.3) is 5.91 Å². The van der Waals surface area contributed by atoms with Gasteiger partial charge in [-0.15, -0.1) is 6.58 Å². The van der Waals surface area contributed by atoms with Crippen molar-refractivity contribution in [2.45, 2.75) is 20.3 Å². The highest BCUT2D eigenvalue weighted by Gasteiger charge is 2.12. The van der Waals surface area contributed by atoms with E-state index < -0.39 is 5.91 Å². The van der Waals surface area contributed by atoms with Crippen molar-refractivity contribution in [1.82, 2.24) is 0 Å². The normalized spacial score (nSPS) is 10.0. The number of ketones is 1. The molecule has 1 amide bonds. The van der Waals surface area contributed by atoms with E-state index in [1.54, 1.807) is 18.2 Å². The number of benzene rings is 2. The van der Waals surface area contributed by atoms with Crippen LogP contribution in [0.3, 0.4) is 0 Å². The van der Waals surface area contributed by atoms with Crippen LogP contribution in [0.2, 0.25) is 0 Å². The highest BCUT2D eigenvalue weighted by molar-refractivity contribution is 6.02. The van der Waals surface area contributed by atoms with Gasteiger partial charge in [0.2, 0.25) is 0 Å². The lowest BCUT2D eigenvalue weighted by molar-refractivity contribution is -0.115. The van der Waals surface area contributed by atoms with Crippen LogP contribution in [0.15, 0.2) is 67.5 Å². The van der Waals surface area contributed by atoms with Crippen LogP contribution in [-0.4, -0.2) is 18.2 Å². The molecule has 0 unspecified atom stereocenters. The van der Waals surface area contributed by atoms with Gasteiger partial charge in [-0.25, -0.2) is 0 Å². The molecule has 0 aliphatic carbocycles. The zero-order chi connectivity index (χ0) is 19.8.